The molecule has 2 saturated heterocycles. The van der Waals surface area contributed by atoms with E-state index in [0.29, 0.717) is 36.0 Å². The third kappa shape index (κ3) is 4.96. The number of nitrogens with zero attached hydrogens (tertiary/aromatic N) is 3. The number of hydrogen-bond donors (Lipinski definition) is 0. The maximum absolute atomic E-state index is 13.0. The molecule has 2 amide bonds. The molecule has 0 aromatic heterocycles. The van der Waals surface area contributed by atoms with E-state index >= 15 is 0 Å². The van der Waals surface area contributed by atoms with Gasteiger partial charge in [-0.1, -0.05) is 11.6 Å². The number of ether oxygens (including phenoxy) is 2. The molecule has 8 heteroatoms. The van der Waals surface area contributed by atoms with Crippen LogP contribution in [0.15, 0.2) is 18.2 Å². The number of hydrogen-bond acceptors (Lipinski definition) is 5. The highest BCUT2D eigenvalue weighted by atomic mass is 35.5. The van der Waals surface area contributed by atoms with Gasteiger partial charge in [-0.05, 0) is 24.6 Å². The smallest absolute Gasteiger partial charge is 0.257 e. The van der Waals surface area contributed by atoms with Gasteiger partial charge in [-0.3, -0.25) is 14.5 Å². The number of benzene rings is 1. The molecule has 2 heterocycles. The number of likely N-dealkylation sites (tertiary alicyclic amines) is 1. The summed E-state index contributed by atoms with van der Waals surface area (Å²) in [6.45, 7) is 7.52. The first-order chi connectivity index (χ1) is 13.5. The van der Waals surface area contributed by atoms with Gasteiger partial charge >= 0.3 is 0 Å². The van der Waals surface area contributed by atoms with Crippen molar-refractivity contribution in [2.75, 3.05) is 59.6 Å². The normalized spacial score (nSPS) is 20.2. The van der Waals surface area contributed by atoms with E-state index in [9.17, 15) is 9.59 Å². The molecule has 7 nitrogen and oxygen atoms in total. The van der Waals surface area contributed by atoms with Crippen LogP contribution in [0.1, 0.15) is 23.7 Å². The van der Waals surface area contributed by atoms with Gasteiger partial charge in [0, 0.05) is 51.2 Å². The highest BCUT2D eigenvalue weighted by Crippen LogP contribution is 2.26. The summed E-state index contributed by atoms with van der Waals surface area (Å²) in [7, 11) is 1.54. The number of carbonyl (C=O) groups is 2. The molecule has 0 N–H and O–H groups in total. The van der Waals surface area contributed by atoms with Crippen LogP contribution in [0.4, 0.5) is 0 Å². The van der Waals surface area contributed by atoms with Crippen molar-refractivity contribution in [1.82, 2.24) is 14.7 Å². The minimum Gasteiger partial charge on any atom is -0.496 e. The summed E-state index contributed by atoms with van der Waals surface area (Å²) >= 11 is 6.07. The van der Waals surface area contributed by atoms with Gasteiger partial charge in [0.05, 0.1) is 31.9 Å². The van der Waals surface area contributed by atoms with Crippen molar-refractivity contribution < 1.29 is 19.1 Å². The molecule has 1 atom stereocenters. The summed E-state index contributed by atoms with van der Waals surface area (Å²) < 4.78 is 10.7. The second kappa shape index (κ2) is 9.58. The van der Waals surface area contributed by atoms with Crippen LogP contribution in [0.2, 0.25) is 5.02 Å². The van der Waals surface area contributed by atoms with Crippen molar-refractivity contribution in [3.05, 3.63) is 28.8 Å². The third-order valence-electron chi connectivity index (χ3n) is 5.45. The van der Waals surface area contributed by atoms with Gasteiger partial charge in [0.1, 0.15) is 5.75 Å². The zero-order valence-corrected chi connectivity index (χ0v) is 17.3. The highest BCUT2D eigenvalue weighted by molar-refractivity contribution is 6.31. The molecule has 1 aromatic rings. The summed E-state index contributed by atoms with van der Waals surface area (Å²) in [5, 5.41) is 0.496. The second-order valence-electron chi connectivity index (χ2n) is 7.20. The molecule has 2 fully saturated rings. The minimum absolute atomic E-state index is 0.0349. The number of amides is 2. The van der Waals surface area contributed by atoms with Crippen molar-refractivity contribution in [1.29, 1.82) is 0 Å². The van der Waals surface area contributed by atoms with Gasteiger partial charge in [-0.15, -0.1) is 0 Å². The van der Waals surface area contributed by atoms with Crippen LogP contribution < -0.4 is 4.74 Å². The Bertz CT molecular complexity index is 709. The molecule has 0 saturated carbocycles. The minimum atomic E-state index is -0.112. The topological polar surface area (TPSA) is 62.3 Å². The first kappa shape index (κ1) is 20.9. The monoisotopic (exact) mass is 409 g/mol. The highest BCUT2D eigenvalue weighted by Gasteiger charge is 2.33. The summed E-state index contributed by atoms with van der Waals surface area (Å²) in [5.41, 5.74) is 0.457. The van der Waals surface area contributed by atoms with Crippen LogP contribution in [0.3, 0.4) is 0 Å². The molecular formula is C20H28ClN3O4. The van der Waals surface area contributed by atoms with Gasteiger partial charge in [-0.2, -0.15) is 0 Å². The molecule has 2 aliphatic heterocycles. The second-order valence-corrected chi connectivity index (χ2v) is 7.64. The molecule has 0 aliphatic carbocycles. The van der Waals surface area contributed by atoms with E-state index in [4.69, 9.17) is 21.1 Å². The lowest BCUT2D eigenvalue weighted by atomic mass is 10.1. The summed E-state index contributed by atoms with van der Waals surface area (Å²) in [6.07, 6.45) is 0.775. The van der Waals surface area contributed by atoms with Gasteiger partial charge in [0.25, 0.3) is 5.91 Å². The molecule has 0 spiro atoms. The largest absolute Gasteiger partial charge is 0.496 e. The Morgan fingerprint density at radius 2 is 2.04 bits per heavy atom. The number of halogens is 1. The SMILES string of the molecule is COc1ccc(Cl)cc1C(=O)N1CCC(N(CCN2CCOCC2)C(C)=O)C1. The Balaban J connectivity index is 1.62. The van der Waals surface area contributed by atoms with Gasteiger partial charge in [0.15, 0.2) is 0 Å². The van der Waals surface area contributed by atoms with E-state index < -0.39 is 0 Å². The fourth-order valence-electron chi connectivity index (χ4n) is 3.87. The van der Waals surface area contributed by atoms with E-state index in [2.05, 4.69) is 4.90 Å². The average molecular weight is 410 g/mol. The Kier molecular flexibility index (Phi) is 7.15. The lowest BCUT2D eigenvalue weighted by molar-refractivity contribution is -0.131. The molecule has 28 heavy (non-hydrogen) atoms. The van der Waals surface area contributed by atoms with Gasteiger partial charge in [0.2, 0.25) is 5.91 Å². The Labute approximate surface area is 171 Å². The van der Waals surface area contributed by atoms with Gasteiger partial charge in [-0.25, -0.2) is 0 Å². The molecule has 1 unspecified atom stereocenters. The van der Waals surface area contributed by atoms with E-state index in [-0.39, 0.29) is 17.9 Å². The average Bonchev–Trinajstić information content (AvgIpc) is 3.18. The maximum Gasteiger partial charge on any atom is 0.257 e. The van der Waals surface area contributed by atoms with E-state index in [1.54, 1.807) is 30.0 Å². The Morgan fingerprint density at radius 1 is 1.29 bits per heavy atom. The number of carbonyl (C=O) groups excluding carboxylic acids is 2. The third-order valence-corrected chi connectivity index (χ3v) is 5.68. The number of morpholine rings is 1. The van der Waals surface area contributed by atoms with Crippen LogP contribution >= 0.6 is 11.6 Å². The molecular weight excluding hydrogens is 382 g/mol. The quantitative estimate of drug-likeness (QED) is 0.716. The van der Waals surface area contributed by atoms with Gasteiger partial charge < -0.3 is 19.3 Å². The molecule has 0 radical (unpaired) electrons. The Morgan fingerprint density at radius 3 is 2.71 bits per heavy atom. The fourth-order valence-corrected chi connectivity index (χ4v) is 4.04. The summed E-state index contributed by atoms with van der Waals surface area (Å²) in [5.74, 6) is 0.444. The molecule has 0 bridgehead atoms. The predicted octanol–water partition coefficient (Wildman–Crippen LogP) is 1.74. The van der Waals surface area contributed by atoms with Crippen molar-refractivity contribution in [3.63, 3.8) is 0 Å². The van der Waals surface area contributed by atoms with Crippen LogP contribution in [0.5, 0.6) is 5.75 Å². The zero-order chi connectivity index (χ0) is 20.1. The van der Waals surface area contributed by atoms with E-state index in [0.717, 1.165) is 39.3 Å². The van der Waals surface area contributed by atoms with Crippen molar-refractivity contribution in [3.8, 4) is 5.75 Å². The number of methoxy groups -OCH3 is 1. The predicted molar refractivity (Wildman–Crippen MR) is 107 cm³/mol. The van der Waals surface area contributed by atoms with Crippen LogP contribution in [0, 0.1) is 0 Å². The molecule has 154 valence electrons. The van der Waals surface area contributed by atoms with Crippen LogP contribution in [0.25, 0.3) is 0 Å². The fraction of sp³-hybridized carbons (Fsp3) is 0.600. The van der Waals surface area contributed by atoms with E-state index in [1.165, 1.54) is 7.11 Å². The van der Waals surface area contributed by atoms with Crippen molar-refractivity contribution in [2.45, 2.75) is 19.4 Å². The standard InChI is InChI=1S/C20H28ClN3O4/c1-15(25)24(8-7-22-9-11-28-12-10-22)17-5-6-23(14-17)20(26)18-13-16(21)3-4-19(18)27-2/h3-4,13,17H,5-12,14H2,1-2H3. The van der Waals surface area contributed by atoms with Crippen LogP contribution in [-0.2, 0) is 9.53 Å². The van der Waals surface area contributed by atoms with Crippen molar-refractivity contribution in [2.24, 2.45) is 0 Å². The first-order valence-electron chi connectivity index (χ1n) is 9.69. The zero-order valence-electron chi connectivity index (χ0n) is 16.5. The molecule has 1 aromatic carbocycles. The summed E-state index contributed by atoms with van der Waals surface area (Å²) in [4.78, 5) is 31.2. The Hall–Kier alpha value is -1.83. The van der Waals surface area contributed by atoms with E-state index in [1.807, 2.05) is 4.90 Å². The van der Waals surface area contributed by atoms with Crippen LogP contribution in [-0.4, -0.2) is 92.1 Å². The first-order valence-corrected chi connectivity index (χ1v) is 10.1. The lowest BCUT2D eigenvalue weighted by Gasteiger charge is -2.32. The van der Waals surface area contributed by atoms with Crippen molar-refractivity contribution >= 4 is 23.4 Å². The maximum atomic E-state index is 13.0. The number of rotatable bonds is 6. The lowest BCUT2D eigenvalue weighted by Crippen LogP contribution is -2.47. The molecule has 3 rings (SSSR count). The summed E-state index contributed by atoms with van der Waals surface area (Å²) in [6, 6.07) is 5.07. The molecule has 2 aliphatic rings.